The fourth-order valence-electron chi connectivity index (χ4n) is 1.04. The molecular weight excluding hydrogens is 195 g/mol. The summed E-state index contributed by atoms with van der Waals surface area (Å²) < 4.78 is 36.4. The van der Waals surface area contributed by atoms with Gasteiger partial charge in [-0.2, -0.15) is 13.2 Å². The fourth-order valence-corrected chi connectivity index (χ4v) is 1.04. The van der Waals surface area contributed by atoms with E-state index in [0.717, 1.165) is 17.7 Å². The number of nitrogens with two attached hydrogens (primary N) is 1. The van der Waals surface area contributed by atoms with Crippen LogP contribution in [0.25, 0.3) is 0 Å². The summed E-state index contributed by atoms with van der Waals surface area (Å²) in [6.45, 7) is 0.297. The van der Waals surface area contributed by atoms with Gasteiger partial charge in [-0.1, -0.05) is 12.1 Å². The van der Waals surface area contributed by atoms with Gasteiger partial charge in [0, 0.05) is 0 Å². The van der Waals surface area contributed by atoms with Gasteiger partial charge in [0.2, 0.25) is 0 Å². The Morgan fingerprint density at radius 3 is 2.14 bits per heavy atom. The maximum Gasteiger partial charge on any atom is 0.416 e. The van der Waals surface area contributed by atoms with Crippen molar-refractivity contribution in [3.63, 3.8) is 0 Å². The molecule has 0 radical (unpaired) electrons. The molecule has 14 heavy (non-hydrogen) atoms. The molecule has 78 valence electrons. The highest BCUT2D eigenvalue weighted by molar-refractivity contribution is 5.24. The molecular formula is C9H10F3NO. The Labute approximate surface area is 79.4 Å². The van der Waals surface area contributed by atoms with E-state index in [2.05, 4.69) is 4.84 Å². The fraction of sp³-hybridized carbons (Fsp3) is 0.333. The third kappa shape index (κ3) is 3.01. The molecule has 1 aromatic rings. The zero-order chi connectivity index (χ0) is 10.6. The highest BCUT2D eigenvalue weighted by atomic mass is 19.4. The van der Waals surface area contributed by atoms with Gasteiger partial charge in [-0.3, -0.25) is 0 Å². The second kappa shape index (κ2) is 4.43. The highest BCUT2D eigenvalue weighted by Gasteiger charge is 2.29. The van der Waals surface area contributed by atoms with E-state index in [9.17, 15) is 13.2 Å². The monoisotopic (exact) mass is 205 g/mol. The molecule has 2 N–H and O–H groups in total. The van der Waals surface area contributed by atoms with Gasteiger partial charge in [-0.05, 0) is 24.1 Å². The molecule has 1 rings (SSSR count). The van der Waals surface area contributed by atoms with E-state index in [1.807, 2.05) is 0 Å². The van der Waals surface area contributed by atoms with E-state index in [4.69, 9.17) is 5.90 Å². The normalized spacial score (nSPS) is 11.7. The molecule has 0 fully saturated rings. The Morgan fingerprint density at radius 2 is 1.71 bits per heavy atom. The number of rotatable bonds is 3. The highest BCUT2D eigenvalue weighted by Crippen LogP contribution is 2.29. The molecule has 0 aliphatic heterocycles. The number of hydrogen-bond acceptors (Lipinski definition) is 2. The van der Waals surface area contributed by atoms with Crippen LogP contribution in [-0.4, -0.2) is 6.61 Å². The summed E-state index contributed by atoms with van der Waals surface area (Å²) >= 11 is 0. The second-order valence-corrected chi connectivity index (χ2v) is 2.82. The smallest absolute Gasteiger partial charge is 0.304 e. The molecule has 0 aromatic heterocycles. The standard InChI is InChI=1S/C9H10F3NO/c10-9(11,12)8-3-1-7(2-4-8)5-6-14-13/h1-4H,5-6,13H2. The van der Waals surface area contributed by atoms with Crippen LogP contribution in [0.1, 0.15) is 11.1 Å². The average molecular weight is 205 g/mol. The predicted octanol–water partition coefficient (Wildman–Crippen LogP) is 2.14. The van der Waals surface area contributed by atoms with Crippen LogP contribution in [-0.2, 0) is 17.4 Å². The maximum absolute atomic E-state index is 12.1. The SMILES string of the molecule is NOCCc1ccc(C(F)(F)F)cc1. The Bertz CT molecular complexity index is 281. The number of benzene rings is 1. The van der Waals surface area contributed by atoms with Gasteiger partial charge in [0.25, 0.3) is 0 Å². The van der Waals surface area contributed by atoms with E-state index in [1.54, 1.807) is 0 Å². The minimum absolute atomic E-state index is 0.297. The topological polar surface area (TPSA) is 35.2 Å². The first-order valence-electron chi connectivity index (χ1n) is 4.02. The lowest BCUT2D eigenvalue weighted by molar-refractivity contribution is -0.137. The summed E-state index contributed by atoms with van der Waals surface area (Å²) in [5.74, 6) is 4.80. The largest absolute Gasteiger partial charge is 0.416 e. The zero-order valence-corrected chi connectivity index (χ0v) is 7.34. The Hall–Kier alpha value is -1.07. The van der Waals surface area contributed by atoms with Crippen molar-refractivity contribution in [2.24, 2.45) is 5.90 Å². The van der Waals surface area contributed by atoms with Crippen LogP contribution < -0.4 is 5.90 Å². The van der Waals surface area contributed by atoms with Crippen molar-refractivity contribution in [3.8, 4) is 0 Å². The van der Waals surface area contributed by atoms with Crippen molar-refractivity contribution in [1.82, 2.24) is 0 Å². The summed E-state index contributed by atoms with van der Waals surface area (Å²) in [7, 11) is 0. The van der Waals surface area contributed by atoms with E-state index < -0.39 is 11.7 Å². The lowest BCUT2D eigenvalue weighted by Gasteiger charge is -2.07. The van der Waals surface area contributed by atoms with E-state index in [1.165, 1.54) is 12.1 Å². The Balaban J connectivity index is 2.69. The number of halogens is 3. The van der Waals surface area contributed by atoms with Crippen LogP contribution in [0.15, 0.2) is 24.3 Å². The summed E-state index contributed by atoms with van der Waals surface area (Å²) in [6.07, 6.45) is -3.77. The van der Waals surface area contributed by atoms with Crippen LogP contribution in [0.4, 0.5) is 13.2 Å². The predicted molar refractivity (Wildman–Crippen MR) is 45.3 cm³/mol. The first kappa shape index (κ1) is 11.0. The second-order valence-electron chi connectivity index (χ2n) is 2.82. The molecule has 0 amide bonds. The van der Waals surface area contributed by atoms with Crippen molar-refractivity contribution in [1.29, 1.82) is 0 Å². The minimum Gasteiger partial charge on any atom is -0.304 e. The number of alkyl halides is 3. The molecule has 0 aliphatic carbocycles. The van der Waals surface area contributed by atoms with Gasteiger partial charge >= 0.3 is 6.18 Å². The van der Waals surface area contributed by atoms with Crippen molar-refractivity contribution in [2.75, 3.05) is 6.61 Å². The lowest BCUT2D eigenvalue weighted by Crippen LogP contribution is -2.06. The number of hydrogen-bond donors (Lipinski definition) is 1. The van der Waals surface area contributed by atoms with Crippen LogP contribution >= 0.6 is 0 Å². The van der Waals surface area contributed by atoms with Crippen molar-refractivity contribution >= 4 is 0 Å². The summed E-state index contributed by atoms with van der Waals surface area (Å²) in [4.78, 5) is 4.32. The van der Waals surface area contributed by atoms with Crippen molar-refractivity contribution in [2.45, 2.75) is 12.6 Å². The van der Waals surface area contributed by atoms with Gasteiger partial charge in [0.05, 0.1) is 12.2 Å². The molecule has 0 bridgehead atoms. The van der Waals surface area contributed by atoms with E-state index >= 15 is 0 Å². The molecule has 5 heteroatoms. The molecule has 2 nitrogen and oxygen atoms in total. The molecule has 0 atom stereocenters. The lowest BCUT2D eigenvalue weighted by atomic mass is 10.1. The van der Waals surface area contributed by atoms with Crippen molar-refractivity contribution < 1.29 is 18.0 Å². The molecule has 0 unspecified atom stereocenters. The van der Waals surface area contributed by atoms with Gasteiger partial charge < -0.3 is 4.84 Å². The Morgan fingerprint density at radius 1 is 1.14 bits per heavy atom. The van der Waals surface area contributed by atoms with Gasteiger partial charge in [-0.25, -0.2) is 5.90 Å². The summed E-state index contributed by atoms with van der Waals surface area (Å²) in [5, 5.41) is 0. The van der Waals surface area contributed by atoms with Crippen LogP contribution in [0.2, 0.25) is 0 Å². The van der Waals surface area contributed by atoms with Gasteiger partial charge in [-0.15, -0.1) is 0 Å². The van der Waals surface area contributed by atoms with Crippen LogP contribution in [0.3, 0.4) is 0 Å². The van der Waals surface area contributed by atoms with Crippen molar-refractivity contribution in [3.05, 3.63) is 35.4 Å². The van der Waals surface area contributed by atoms with Gasteiger partial charge in [0.1, 0.15) is 0 Å². The third-order valence-corrected chi connectivity index (χ3v) is 1.79. The van der Waals surface area contributed by atoms with E-state index in [0.29, 0.717) is 13.0 Å². The average Bonchev–Trinajstić information content (AvgIpc) is 2.14. The third-order valence-electron chi connectivity index (χ3n) is 1.79. The quantitative estimate of drug-likeness (QED) is 0.767. The Kier molecular flexibility index (Phi) is 3.49. The molecule has 0 heterocycles. The molecule has 1 aromatic carbocycles. The van der Waals surface area contributed by atoms with Crippen LogP contribution in [0, 0.1) is 0 Å². The summed E-state index contributed by atoms with van der Waals surface area (Å²) in [5.41, 5.74) is 0.123. The maximum atomic E-state index is 12.1. The first-order valence-corrected chi connectivity index (χ1v) is 4.02. The van der Waals surface area contributed by atoms with Gasteiger partial charge in [0.15, 0.2) is 0 Å². The molecule has 0 spiro atoms. The zero-order valence-electron chi connectivity index (χ0n) is 7.34. The van der Waals surface area contributed by atoms with Crippen LogP contribution in [0.5, 0.6) is 0 Å². The molecule has 0 saturated heterocycles. The summed E-state index contributed by atoms with van der Waals surface area (Å²) in [6, 6.07) is 4.93. The van der Waals surface area contributed by atoms with E-state index in [-0.39, 0.29) is 0 Å². The minimum atomic E-state index is -4.27. The first-order chi connectivity index (χ1) is 6.54. The molecule has 0 saturated carbocycles. The molecule has 0 aliphatic rings.